The zero-order chi connectivity index (χ0) is 15.1. The summed E-state index contributed by atoms with van der Waals surface area (Å²) in [4.78, 5) is 0. The molecule has 0 atom stereocenters. The molecule has 0 amide bonds. The smallest absolute Gasteiger partial charge is 0.0616 e. The average molecular weight is 303 g/mol. The molecule has 0 aliphatic rings. The molecular weight excluding hydrogens is 284 g/mol. The molecule has 0 saturated heterocycles. The fourth-order valence-electron chi connectivity index (χ4n) is 3.29. The van der Waals surface area contributed by atoms with Gasteiger partial charge in [0.2, 0.25) is 0 Å². The summed E-state index contributed by atoms with van der Waals surface area (Å²) in [7, 11) is 0.388. The SMILES string of the molecule is C[S+](C)Cc1c2ccccc2cc2cc3ccccc3cc12. The van der Waals surface area contributed by atoms with Crippen molar-refractivity contribution in [3.63, 3.8) is 0 Å². The first-order valence-electron chi connectivity index (χ1n) is 7.60. The van der Waals surface area contributed by atoms with Crippen LogP contribution in [0.15, 0.2) is 66.7 Å². The van der Waals surface area contributed by atoms with Gasteiger partial charge in [0.1, 0.15) is 5.75 Å². The van der Waals surface area contributed by atoms with Crippen LogP contribution >= 0.6 is 0 Å². The Labute approximate surface area is 134 Å². The van der Waals surface area contributed by atoms with E-state index < -0.39 is 0 Å². The van der Waals surface area contributed by atoms with Crippen LogP contribution in [0.2, 0.25) is 0 Å². The summed E-state index contributed by atoms with van der Waals surface area (Å²) < 4.78 is 0. The van der Waals surface area contributed by atoms with Crippen molar-refractivity contribution >= 4 is 43.2 Å². The van der Waals surface area contributed by atoms with Crippen LogP contribution in [0.5, 0.6) is 0 Å². The third kappa shape index (κ3) is 2.26. The average Bonchev–Trinajstić information content (AvgIpc) is 2.52. The lowest BCUT2D eigenvalue weighted by Gasteiger charge is -2.11. The second kappa shape index (κ2) is 5.33. The predicted molar refractivity (Wildman–Crippen MR) is 102 cm³/mol. The van der Waals surface area contributed by atoms with Gasteiger partial charge in [-0.1, -0.05) is 48.5 Å². The van der Waals surface area contributed by atoms with Gasteiger partial charge in [-0.2, -0.15) is 0 Å². The molecule has 0 aliphatic carbocycles. The number of hydrogen-bond acceptors (Lipinski definition) is 0. The van der Waals surface area contributed by atoms with E-state index in [1.54, 1.807) is 0 Å². The molecule has 0 aromatic heterocycles. The van der Waals surface area contributed by atoms with E-state index in [0.29, 0.717) is 10.9 Å². The molecule has 0 aliphatic heterocycles. The van der Waals surface area contributed by atoms with Crippen LogP contribution in [0.1, 0.15) is 5.56 Å². The summed E-state index contributed by atoms with van der Waals surface area (Å²) in [5.74, 6) is 1.15. The van der Waals surface area contributed by atoms with Gasteiger partial charge < -0.3 is 0 Å². The van der Waals surface area contributed by atoms with Gasteiger partial charge in [-0.15, -0.1) is 0 Å². The molecule has 0 unspecified atom stereocenters. The van der Waals surface area contributed by atoms with Gasteiger partial charge in [0.15, 0.2) is 0 Å². The van der Waals surface area contributed by atoms with Crippen molar-refractivity contribution in [1.82, 2.24) is 0 Å². The molecular formula is C21H19S+. The molecule has 22 heavy (non-hydrogen) atoms. The molecule has 0 fully saturated rings. The minimum absolute atomic E-state index is 0.388. The fraction of sp³-hybridized carbons (Fsp3) is 0.143. The zero-order valence-electron chi connectivity index (χ0n) is 13.0. The van der Waals surface area contributed by atoms with E-state index >= 15 is 0 Å². The van der Waals surface area contributed by atoms with Crippen LogP contribution in [-0.2, 0) is 16.6 Å². The summed E-state index contributed by atoms with van der Waals surface area (Å²) in [6, 6.07) is 24.5. The molecule has 0 radical (unpaired) electrons. The summed E-state index contributed by atoms with van der Waals surface area (Å²) in [5.41, 5.74) is 1.51. The van der Waals surface area contributed by atoms with Gasteiger partial charge in [0.05, 0.1) is 12.5 Å². The normalized spacial score (nSPS) is 11.8. The molecule has 4 aromatic carbocycles. The maximum Gasteiger partial charge on any atom is 0.133 e. The van der Waals surface area contributed by atoms with Crippen LogP contribution in [-0.4, -0.2) is 12.5 Å². The molecule has 0 spiro atoms. The Hall–Kier alpha value is -1.99. The van der Waals surface area contributed by atoms with Crippen LogP contribution in [0.25, 0.3) is 32.3 Å². The highest BCUT2D eigenvalue weighted by Gasteiger charge is 2.14. The van der Waals surface area contributed by atoms with E-state index in [0.717, 1.165) is 5.75 Å². The topological polar surface area (TPSA) is 0 Å². The Morgan fingerprint density at radius 3 is 1.95 bits per heavy atom. The van der Waals surface area contributed by atoms with Crippen molar-refractivity contribution in [3.8, 4) is 0 Å². The largest absolute Gasteiger partial charge is 0.133 e. The van der Waals surface area contributed by atoms with Gasteiger partial charge in [0.25, 0.3) is 0 Å². The molecule has 0 N–H and O–H groups in total. The standard InChI is InChI=1S/C21H19S/c1-22(2)14-21-19-10-6-5-9-17(19)12-18-11-15-7-3-4-8-16(15)13-20(18)21/h3-13H,14H2,1-2H3/q+1. The highest BCUT2D eigenvalue weighted by molar-refractivity contribution is 7.94. The van der Waals surface area contributed by atoms with E-state index in [-0.39, 0.29) is 0 Å². The van der Waals surface area contributed by atoms with E-state index in [2.05, 4.69) is 79.2 Å². The maximum absolute atomic E-state index is 2.37. The first kappa shape index (κ1) is 13.7. The third-order valence-electron chi connectivity index (χ3n) is 4.27. The number of benzene rings is 4. The van der Waals surface area contributed by atoms with Gasteiger partial charge in [0, 0.05) is 5.56 Å². The minimum Gasteiger partial charge on any atom is -0.0616 e. The quantitative estimate of drug-likeness (QED) is 0.338. The molecule has 4 aromatic rings. The lowest BCUT2D eigenvalue weighted by Crippen LogP contribution is -2.01. The Morgan fingerprint density at radius 1 is 0.636 bits per heavy atom. The molecule has 0 heterocycles. The van der Waals surface area contributed by atoms with E-state index in [9.17, 15) is 0 Å². The lowest BCUT2D eigenvalue weighted by molar-refractivity contribution is 1.50. The zero-order valence-corrected chi connectivity index (χ0v) is 13.8. The molecule has 108 valence electrons. The van der Waals surface area contributed by atoms with Crippen LogP contribution in [0.4, 0.5) is 0 Å². The van der Waals surface area contributed by atoms with Crippen LogP contribution in [0, 0.1) is 0 Å². The second-order valence-corrected chi connectivity index (χ2v) is 8.39. The highest BCUT2D eigenvalue weighted by Crippen LogP contribution is 2.32. The highest BCUT2D eigenvalue weighted by atomic mass is 32.2. The van der Waals surface area contributed by atoms with E-state index in [1.807, 2.05) is 0 Å². The van der Waals surface area contributed by atoms with Crippen LogP contribution in [0.3, 0.4) is 0 Å². The number of rotatable bonds is 2. The summed E-state index contributed by atoms with van der Waals surface area (Å²) in [5, 5.41) is 8.19. The van der Waals surface area contributed by atoms with E-state index in [1.165, 1.54) is 37.9 Å². The Balaban J connectivity index is 2.16. The Bertz CT molecular complexity index is 978. The van der Waals surface area contributed by atoms with Gasteiger partial charge >= 0.3 is 0 Å². The van der Waals surface area contributed by atoms with Crippen molar-refractivity contribution in [2.45, 2.75) is 5.75 Å². The number of fused-ring (bicyclic) bond motifs is 3. The first-order valence-corrected chi connectivity index (χ1v) is 9.81. The van der Waals surface area contributed by atoms with E-state index in [4.69, 9.17) is 0 Å². The Kier molecular flexibility index (Phi) is 3.31. The first-order chi connectivity index (χ1) is 10.7. The van der Waals surface area contributed by atoms with Gasteiger partial charge in [-0.3, -0.25) is 0 Å². The van der Waals surface area contributed by atoms with Crippen molar-refractivity contribution in [2.75, 3.05) is 12.5 Å². The third-order valence-corrected chi connectivity index (χ3v) is 5.14. The summed E-state index contributed by atoms with van der Waals surface area (Å²) >= 11 is 0. The number of hydrogen-bond donors (Lipinski definition) is 0. The van der Waals surface area contributed by atoms with Crippen molar-refractivity contribution in [1.29, 1.82) is 0 Å². The molecule has 0 nitrogen and oxygen atoms in total. The second-order valence-electron chi connectivity index (χ2n) is 6.13. The minimum atomic E-state index is 0.388. The summed E-state index contributed by atoms with van der Waals surface area (Å²) in [6.45, 7) is 0. The molecule has 1 heteroatoms. The predicted octanol–water partition coefficient (Wildman–Crippen LogP) is 5.52. The molecule has 0 bridgehead atoms. The van der Waals surface area contributed by atoms with Gasteiger partial charge in [-0.05, 0) is 61.4 Å². The molecule has 0 saturated carbocycles. The molecule has 4 rings (SSSR count). The van der Waals surface area contributed by atoms with Crippen molar-refractivity contribution < 1.29 is 0 Å². The van der Waals surface area contributed by atoms with Gasteiger partial charge in [-0.25, -0.2) is 0 Å². The lowest BCUT2D eigenvalue weighted by atomic mass is 9.95. The van der Waals surface area contributed by atoms with Crippen molar-refractivity contribution in [2.24, 2.45) is 0 Å². The fourth-order valence-corrected chi connectivity index (χ4v) is 4.18. The monoisotopic (exact) mass is 303 g/mol. The summed E-state index contributed by atoms with van der Waals surface area (Å²) in [6.07, 6.45) is 4.66. The Morgan fingerprint density at radius 2 is 1.23 bits per heavy atom. The van der Waals surface area contributed by atoms with Crippen LogP contribution < -0.4 is 0 Å². The maximum atomic E-state index is 2.37. The van der Waals surface area contributed by atoms with Crippen molar-refractivity contribution in [3.05, 3.63) is 72.3 Å².